The predicted octanol–water partition coefficient (Wildman–Crippen LogP) is 2.03. The highest BCUT2D eigenvalue weighted by molar-refractivity contribution is 5.85. The van der Waals surface area contributed by atoms with Gasteiger partial charge in [-0.3, -0.25) is 9.59 Å². The Bertz CT molecular complexity index is 277. The molecule has 0 atom stereocenters. The Morgan fingerprint density at radius 3 is 2.47 bits per heavy atom. The zero-order chi connectivity index (χ0) is 11.1. The number of ether oxygens (including phenoxy) is 1. The average molecular weight is 208 g/mol. The summed E-state index contributed by atoms with van der Waals surface area (Å²) >= 11 is 0. The van der Waals surface area contributed by atoms with E-state index >= 15 is 0 Å². The van der Waals surface area contributed by atoms with Gasteiger partial charge >= 0.3 is 5.97 Å². The Balaban J connectivity index is 2.14. The summed E-state index contributed by atoms with van der Waals surface area (Å²) in [7, 11) is 0. The molecule has 3 nitrogen and oxygen atoms in total. The van der Waals surface area contributed by atoms with E-state index in [2.05, 4.69) is 0 Å². The molecule has 0 bridgehead atoms. The largest absolute Gasteiger partial charge is 0.466 e. The Morgan fingerprint density at radius 1 is 1.20 bits per heavy atom. The Kier molecular flexibility index (Phi) is 4.81. The molecule has 0 aromatic rings. The van der Waals surface area contributed by atoms with Crippen LogP contribution in [0, 0.1) is 5.92 Å². The predicted molar refractivity (Wildman–Crippen MR) is 57.3 cm³/mol. The normalized spacial score (nSPS) is 14.5. The minimum atomic E-state index is -0.220. The van der Waals surface area contributed by atoms with Crippen LogP contribution >= 0.6 is 0 Å². The molecule has 1 aliphatic rings. The minimum absolute atomic E-state index is 0.0767. The Hall–Kier alpha value is -1.38. The van der Waals surface area contributed by atoms with Crippen molar-refractivity contribution in [1.82, 2.24) is 0 Å². The highest BCUT2D eigenvalue weighted by atomic mass is 16.5. The van der Waals surface area contributed by atoms with Crippen molar-refractivity contribution in [2.75, 3.05) is 6.61 Å². The molecule has 0 aliphatic heterocycles. The molecule has 0 aromatic heterocycles. The summed E-state index contributed by atoms with van der Waals surface area (Å²) in [6.07, 6.45) is 8.83. The van der Waals surface area contributed by atoms with Crippen molar-refractivity contribution < 1.29 is 14.3 Å². The lowest BCUT2D eigenvalue weighted by atomic mass is 10.0. The smallest absolute Gasteiger partial charge is 0.305 e. The summed E-state index contributed by atoms with van der Waals surface area (Å²) in [5.41, 5.74) is 0. The van der Waals surface area contributed by atoms with E-state index in [9.17, 15) is 9.59 Å². The van der Waals surface area contributed by atoms with Crippen LogP contribution in [-0.4, -0.2) is 18.4 Å². The maximum atomic E-state index is 11.5. The van der Waals surface area contributed by atoms with E-state index in [1.54, 1.807) is 6.92 Å². The second-order valence-electron chi connectivity index (χ2n) is 3.42. The second-order valence-corrected chi connectivity index (χ2v) is 3.42. The second kappa shape index (κ2) is 6.17. The van der Waals surface area contributed by atoms with Gasteiger partial charge in [0.05, 0.1) is 12.5 Å². The molecular weight excluding hydrogens is 192 g/mol. The third kappa shape index (κ3) is 4.11. The summed E-state index contributed by atoms with van der Waals surface area (Å²) in [4.78, 5) is 22.5. The number of ketones is 1. The van der Waals surface area contributed by atoms with E-state index in [4.69, 9.17) is 4.74 Å². The van der Waals surface area contributed by atoms with Crippen LogP contribution in [0.3, 0.4) is 0 Å². The molecule has 3 heteroatoms. The van der Waals surface area contributed by atoms with E-state index in [0.717, 1.165) is 0 Å². The summed E-state index contributed by atoms with van der Waals surface area (Å²) in [6.45, 7) is 2.18. The van der Waals surface area contributed by atoms with Gasteiger partial charge in [0.1, 0.15) is 5.78 Å². The zero-order valence-electron chi connectivity index (χ0n) is 8.94. The van der Waals surface area contributed by atoms with Crippen molar-refractivity contribution in [3.63, 3.8) is 0 Å². The lowest BCUT2D eigenvalue weighted by Gasteiger charge is -2.04. The number of allylic oxidation sites excluding steroid dienone is 4. The van der Waals surface area contributed by atoms with Gasteiger partial charge in [0, 0.05) is 12.8 Å². The third-order valence-corrected chi connectivity index (χ3v) is 2.23. The number of Topliss-reactive ketones (excluding diaryl/α,β-unsaturated/α-hetero) is 1. The van der Waals surface area contributed by atoms with Crippen LogP contribution in [0.2, 0.25) is 0 Å². The van der Waals surface area contributed by atoms with Crippen molar-refractivity contribution in [2.24, 2.45) is 5.92 Å². The molecule has 0 saturated heterocycles. The van der Waals surface area contributed by atoms with Crippen LogP contribution in [0.5, 0.6) is 0 Å². The van der Waals surface area contributed by atoms with Crippen molar-refractivity contribution in [3.05, 3.63) is 24.3 Å². The molecule has 1 rings (SSSR count). The summed E-state index contributed by atoms with van der Waals surface area (Å²) < 4.78 is 4.77. The van der Waals surface area contributed by atoms with Crippen LogP contribution in [0.15, 0.2) is 24.3 Å². The first-order valence-electron chi connectivity index (χ1n) is 5.27. The molecule has 0 radical (unpaired) electrons. The summed E-state index contributed by atoms with van der Waals surface area (Å²) in [6, 6.07) is 0. The van der Waals surface area contributed by atoms with Crippen LogP contribution in [0.4, 0.5) is 0 Å². The van der Waals surface area contributed by atoms with E-state index in [1.165, 1.54) is 0 Å². The lowest BCUT2D eigenvalue weighted by Crippen LogP contribution is -2.10. The molecule has 0 N–H and O–H groups in total. The van der Waals surface area contributed by atoms with Gasteiger partial charge < -0.3 is 4.74 Å². The molecule has 82 valence electrons. The fraction of sp³-hybridized carbons (Fsp3) is 0.500. The highest BCUT2D eigenvalue weighted by Gasteiger charge is 2.14. The van der Waals surface area contributed by atoms with E-state index in [0.29, 0.717) is 25.9 Å². The molecule has 0 unspecified atom stereocenters. The van der Waals surface area contributed by atoms with Crippen LogP contribution < -0.4 is 0 Å². The standard InChI is InChI=1S/C12H16O3/c1-2-15-12(14)9-5-8-11(13)10-6-3-4-7-10/h3-4,6-7,10H,2,5,8-9H2,1H3. The number of hydrogen-bond acceptors (Lipinski definition) is 3. The van der Waals surface area contributed by atoms with E-state index in [-0.39, 0.29) is 17.7 Å². The molecule has 0 spiro atoms. The van der Waals surface area contributed by atoms with Crippen LogP contribution in [0.25, 0.3) is 0 Å². The topological polar surface area (TPSA) is 43.4 Å². The number of carbonyl (C=O) groups is 2. The van der Waals surface area contributed by atoms with Gasteiger partial charge in [0.25, 0.3) is 0 Å². The first-order chi connectivity index (χ1) is 7.24. The quantitative estimate of drug-likeness (QED) is 0.627. The van der Waals surface area contributed by atoms with E-state index in [1.807, 2.05) is 24.3 Å². The SMILES string of the molecule is CCOC(=O)CCCC(=O)C1C=CC=C1. The molecule has 15 heavy (non-hydrogen) atoms. The first-order valence-corrected chi connectivity index (χ1v) is 5.27. The summed E-state index contributed by atoms with van der Waals surface area (Å²) in [5.74, 6) is -0.126. The van der Waals surface area contributed by atoms with Gasteiger partial charge in [-0.2, -0.15) is 0 Å². The Labute approximate surface area is 89.8 Å². The summed E-state index contributed by atoms with van der Waals surface area (Å²) in [5, 5.41) is 0. The molecule has 1 aliphatic carbocycles. The number of esters is 1. The molecule has 0 amide bonds. The van der Waals surface area contributed by atoms with Crippen molar-refractivity contribution in [1.29, 1.82) is 0 Å². The zero-order valence-corrected chi connectivity index (χ0v) is 8.94. The van der Waals surface area contributed by atoms with Gasteiger partial charge in [0.2, 0.25) is 0 Å². The molecule has 0 fully saturated rings. The first kappa shape index (κ1) is 11.7. The van der Waals surface area contributed by atoms with Gasteiger partial charge in [-0.05, 0) is 13.3 Å². The molecular formula is C12H16O3. The third-order valence-electron chi connectivity index (χ3n) is 2.23. The molecule has 0 saturated carbocycles. The molecule has 0 aromatic carbocycles. The monoisotopic (exact) mass is 208 g/mol. The fourth-order valence-corrected chi connectivity index (χ4v) is 1.45. The van der Waals surface area contributed by atoms with Crippen molar-refractivity contribution in [3.8, 4) is 0 Å². The van der Waals surface area contributed by atoms with Gasteiger partial charge in [-0.15, -0.1) is 0 Å². The van der Waals surface area contributed by atoms with E-state index < -0.39 is 0 Å². The highest BCUT2D eigenvalue weighted by Crippen LogP contribution is 2.13. The van der Waals surface area contributed by atoms with Gasteiger partial charge in [-0.1, -0.05) is 24.3 Å². The van der Waals surface area contributed by atoms with Crippen molar-refractivity contribution in [2.45, 2.75) is 26.2 Å². The fourth-order valence-electron chi connectivity index (χ4n) is 1.45. The maximum absolute atomic E-state index is 11.5. The van der Waals surface area contributed by atoms with Crippen molar-refractivity contribution >= 4 is 11.8 Å². The number of rotatable bonds is 6. The lowest BCUT2D eigenvalue weighted by molar-refractivity contribution is -0.143. The number of carbonyl (C=O) groups excluding carboxylic acids is 2. The maximum Gasteiger partial charge on any atom is 0.305 e. The molecule has 0 heterocycles. The Morgan fingerprint density at radius 2 is 1.87 bits per heavy atom. The van der Waals surface area contributed by atoms with Gasteiger partial charge in [-0.25, -0.2) is 0 Å². The van der Waals surface area contributed by atoms with Crippen LogP contribution in [0.1, 0.15) is 26.2 Å². The van der Waals surface area contributed by atoms with Crippen LogP contribution in [-0.2, 0) is 14.3 Å². The number of hydrogen-bond donors (Lipinski definition) is 0. The minimum Gasteiger partial charge on any atom is -0.466 e. The average Bonchev–Trinajstić information content (AvgIpc) is 2.70. The van der Waals surface area contributed by atoms with Gasteiger partial charge in [0.15, 0.2) is 0 Å².